The van der Waals surface area contributed by atoms with Crippen molar-refractivity contribution < 1.29 is 9.59 Å². The summed E-state index contributed by atoms with van der Waals surface area (Å²) in [4.78, 5) is 27.3. The maximum atomic E-state index is 13.0. The lowest BCUT2D eigenvalue weighted by Crippen LogP contribution is -2.47. The smallest absolute Gasteiger partial charge is 0.321 e. The lowest BCUT2D eigenvalue weighted by Gasteiger charge is -2.32. The van der Waals surface area contributed by atoms with Gasteiger partial charge in [-0.15, -0.1) is 0 Å². The van der Waals surface area contributed by atoms with E-state index in [9.17, 15) is 9.59 Å². The van der Waals surface area contributed by atoms with Gasteiger partial charge < -0.3 is 15.5 Å². The number of benzene rings is 3. The van der Waals surface area contributed by atoms with Crippen molar-refractivity contribution in [1.82, 2.24) is 10.2 Å². The third kappa shape index (κ3) is 4.46. The van der Waals surface area contributed by atoms with Gasteiger partial charge in [-0.25, -0.2) is 4.79 Å². The molecule has 3 amide bonds. The fraction of sp³-hybridized carbons (Fsp3) is 0.280. The summed E-state index contributed by atoms with van der Waals surface area (Å²) in [6.07, 6.45) is 1.62. The number of carbonyl (C=O) groups excluding carboxylic acids is 2. The molecule has 3 aromatic rings. The van der Waals surface area contributed by atoms with Crippen LogP contribution in [0.5, 0.6) is 0 Å². The van der Waals surface area contributed by atoms with E-state index in [1.807, 2.05) is 55.5 Å². The third-order valence-electron chi connectivity index (χ3n) is 5.75. The van der Waals surface area contributed by atoms with E-state index in [4.69, 9.17) is 0 Å². The molecule has 0 aliphatic carbocycles. The molecule has 1 fully saturated rings. The zero-order chi connectivity index (χ0) is 20.9. The lowest BCUT2D eigenvalue weighted by molar-refractivity contribution is -0.126. The normalized spacial score (nSPS) is 17.4. The number of fused-ring (bicyclic) bond motifs is 1. The molecule has 5 nitrogen and oxygen atoms in total. The highest BCUT2D eigenvalue weighted by atomic mass is 16.2. The summed E-state index contributed by atoms with van der Waals surface area (Å²) in [6, 6.07) is 23.5. The zero-order valence-corrected chi connectivity index (χ0v) is 17.2. The van der Waals surface area contributed by atoms with Gasteiger partial charge in [-0.2, -0.15) is 0 Å². The van der Waals surface area contributed by atoms with Crippen LogP contribution in [0.15, 0.2) is 72.8 Å². The fourth-order valence-electron chi connectivity index (χ4n) is 4.14. The monoisotopic (exact) mass is 401 g/mol. The second kappa shape index (κ2) is 8.99. The number of likely N-dealkylation sites (tertiary alicyclic amines) is 1. The number of hydrogen-bond acceptors (Lipinski definition) is 2. The van der Waals surface area contributed by atoms with Crippen LogP contribution < -0.4 is 10.6 Å². The van der Waals surface area contributed by atoms with Crippen LogP contribution in [0.3, 0.4) is 0 Å². The van der Waals surface area contributed by atoms with E-state index in [-0.39, 0.29) is 23.9 Å². The third-order valence-corrected chi connectivity index (χ3v) is 5.75. The van der Waals surface area contributed by atoms with Gasteiger partial charge in [0, 0.05) is 18.8 Å². The van der Waals surface area contributed by atoms with Gasteiger partial charge in [0.15, 0.2) is 0 Å². The highest BCUT2D eigenvalue weighted by Gasteiger charge is 2.29. The molecule has 5 heteroatoms. The SMILES string of the molecule is C[C@@H](NC(=O)[C@H]1CCCN(C(=O)Nc2ccccc2)C1)c1cccc2ccccc12. The van der Waals surface area contributed by atoms with E-state index in [2.05, 4.69) is 34.9 Å². The van der Waals surface area contributed by atoms with Crippen molar-refractivity contribution in [3.05, 3.63) is 78.4 Å². The highest BCUT2D eigenvalue weighted by molar-refractivity contribution is 5.90. The molecule has 0 aromatic heterocycles. The number of para-hydroxylation sites is 1. The van der Waals surface area contributed by atoms with Crippen molar-refractivity contribution in [2.75, 3.05) is 18.4 Å². The van der Waals surface area contributed by atoms with Gasteiger partial charge in [0.1, 0.15) is 0 Å². The molecular formula is C25H27N3O2. The lowest BCUT2D eigenvalue weighted by atomic mass is 9.95. The Bertz CT molecular complexity index is 1030. The summed E-state index contributed by atoms with van der Waals surface area (Å²) in [5.41, 5.74) is 1.87. The Hall–Kier alpha value is -3.34. The molecular weight excluding hydrogens is 374 g/mol. The van der Waals surface area contributed by atoms with E-state index in [0.29, 0.717) is 13.1 Å². The van der Waals surface area contributed by atoms with Crippen LogP contribution >= 0.6 is 0 Å². The molecule has 1 aliphatic rings. The molecule has 0 unspecified atom stereocenters. The average Bonchev–Trinajstić information content (AvgIpc) is 2.79. The molecule has 0 spiro atoms. The number of amides is 3. The van der Waals surface area contributed by atoms with Gasteiger partial charge in [-0.3, -0.25) is 4.79 Å². The first kappa shape index (κ1) is 20.0. The van der Waals surface area contributed by atoms with Crippen molar-refractivity contribution in [3.63, 3.8) is 0 Å². The van der Waals surface area contributed by atoms with Gasteiger partial charge >= 0.3 is 6.03 Å². The topological polar surface area (TPSA) is 61.4 Å². The van der Waals surface area contributed by atoms with E-state index in [1.165, 1.54) is 0 Å². The Balaban J connectivity index is 1.40. The van der Waals surface area contributed by atoms with Gasteiger partial charge in [-0.1, -0.05) is 60.7 Å². The van der Waals surface area contributed by atoms with Crippen LogP contribution in [0.4, 0.5) is 10.5 Å². The van der Waals surface area contributed by atoms with Gasteiger partial charge in [0.05, 0.1) is 12.0 Å². The molecule has 1 saturated heterocycles. The second-order valence-electron chi connectivity index (χ2n) is 7.88. The number of piperidine rings is 1. The Labute approximate surface area is 177 Å². The number of hydrogen-bond donors (Lipinski definition) is 2. The summed E-state index contributed by atoms with van der Waals surface area (Å²) in [7, 11) is 0. The molecule has 3 aromatic carbocycles. The first-order chi connectivity index (χ1) is 14.6. The summed E-state index contributed by atoms with van der Waals surface area (Å²) in [5.74, 6) is -0.189. The summed E-state index contributed by atoms with van der Waals surface area (Å²) in [6.45, 7) is 3.12. The van der Waals surface area contributed by atoms with Crippen LogP contribution in [0.1, 0.15) is 31.4 Å². The second-order valence-corrected chi connectivity index (χ2v) is 7.88. The van der Waals surface area contributed by atoms with Crippen molar-refractivity contribution >= 4 is 28.4 Å². The zero-order valence-electron chi connectivity index (χ0n) is 17.2. The number of urea groups is 1. The molecule has 2 atom stereocenters. The Kier molecular flexibility index (Phi) is 5.98. The average molecular weight is 402 g/mol. The molecule has 0 saturated carbocycles. The standard InChI is InChI=1S/C25H27N3O2/c1-18(22-15-7-10-19-9-5-6-14-23(19)22)26-24(29)20-11-8-16-28(17-20)25(30)27-21-12-3-2-4-13-21/h2-7,9-10,12-15,18,20H,8,11,16-17H2,1H3,(H,26,29)(H,27,30)/t18-,20+/m1/s1. The predicted molar refractivity (Wildman–Crippen MR) is 120 cm³/mol. The molecule has 4 rings (SSSR count). The Morgan fingerprint density at radius 2 is 1.70 bits per heavy atom. The maximum Gasteiger partial charge on any atom is 0.321 e. The van der Waals surface area contributed by atoms with Crippen LogP contribution in [0.25, 0.3) is 10.8 Å². The molecule has 0 bridgehead atoms. The van der Waals surface area contributed by atoms with Crippen molar-refractivity contribution in [1.29, 1.82) is 0 Å². The van der Waals surface area contributed by atoms with E-state index < -0.39 is 0 Å². The number of rotatable bonds is 4. The number of nitrogens with zero attached hydrogens (tertiary/aromatic N) is 1. The van der Waals surface area contributed by atoms with Crippen LogP contribution in [-0.2, 0) is 4.79 Å². The van der Waals surface area contributed by atoms with Crippen molar-refractivity contribution in [3.8, 4) is 0 Å². The number of carbonyl (C=O) groups is 2. The maximum absolute atomic E-state index is 13.0. The minimum absolute atomic E-state index is 0.00708. The largest absolute Gasteiger partial charge is 0.349 e. The number of anilines is 1. The minimum atomic E-state index is -0.197. The molecule has 154 valence electrons. The van der Waals surface area contributed by atoms with Crippen molar-refractivity contribution in [2.45, 2.75) is 25.8 Å². The molecule has 2 N–H and O–H groups in total. The van der Waals surface area contributed by atoms with Gasteiger partial charge in [0.2, 0.25) is 5.91 Å². The fourth-order valence-corrected chi connectivity index (χ4v) is 4.14. The predicted octanol–water partition coefficient (Wildman–Crippen LogP) is 4.96. The van der Waals surface area contributed by atoms with E-state index in [1.54, 1.807) is 4.90 Å². The molecule has 1 aliphatic heterocycles. The highest BCUT2D eigenvalue weighted by Crippen LogP contribution is 2.25. The quantitative estimate of drug-likeness (QED) is 0.649. The first-order valence-corrected chi connectivity index (χ1v) is 10.5. The Morgan fingerprint density at radius 3 is 2.53 bits per heavy atom. The van der Waals surface area contributed by atoms with Gasteiger partial charge in [0.25, 0.3) is 0 Å². The number of nitrogens with one attached hydrogen (secondary N) is 2. The molecule has 30 heavy (non-hydrogen) atoms. The summed E-state index contributed by atoms with van der Waals surface area (Å²) >= 11 is 0. The van der Waals surface area contributed by atoms with E-state index in [0.717, 1.165) is 34.9 Å². The summed E-state index contributed by atoms with van der Waals surface area (Å²) in [5, 5.41) is 8.40. The van der Waals surface area contributed by atoms with E-state index >= 15 is 0 Å². The van der Waals surface area contributed by atoms with Crippen LogP contribution in [0, 0.1) is 5.92 Å². The van der Waals surface area contributed by atoms with Gasteiger partial charge in [-0.05, 0) is 48.2 Å². The van der Waals surface area contributed by atoms with Crippen molar-refractivity contribution in [2.24, 2.45) is 5.92 Å². The molecule has 0 radical (unpaired) electrons. The molecule has 1 heterocycles. The minimum Gasteiger partial charge on any atom is -0.349 e. The Morgan fingerprint density at radius 1 is 0.967 bits per heavy atom. The van der Waals surface area contributed by atoms with Crippen LogP contribution in [0.2, 0.25) is 0 Å². The first-order valence-electron chi connectivity index (χ1n) is 10.5. The summed E-state index contributed by atoms with van der Waals surface area (Å²) < 4.78 is 0. The van der Waals surface area contributed by atoms with Crippen LogP contribution in [-0.4, -0.2) is 29.9 Å².